The number of aliphatic carboxylic acids is 2. The van der Waals surface area contributed by atoms with E-state index >= 15 is 0 Å². The maximum atomic E-state index is 12.6. The van der Waals surface area contributed by atoms with Crippen molar-refractivity contribution in [2.75, 3.05) is 11.1 Å². The first-order valence-electron chi connectivity index (χ1n) is 8.64. The lowest BCUT2D eigenvalue weighted by molar-refractivity contribution is -0.148. The highest BCUT2D eigenvalue weighted by atomic mass is 32.1. The molecule has 0 aliphatic rings. The van der Waals surface area contributed by atoms with Crippen LogP contribution in [0.4, 0.5) is 5.69 Å². The summed E-state index contributed by atoms with van der Waals surface area (Å²) in [7, 11) is 0. The van der Waals surface area contributed by atoms with Crippen LogP contribution in [0.3, 0.4) is 0 Å². The molecule has 4 N–H and O–H groups in total. The number of hydrogen-bond acceptors (Lipinski definition) is 5. The Kier molecular flexibility index (Phi) is 7.88. The van der Waals surface area contributed by atoms with E-state index in [1.165, 1.54) is 0 Å². The van der Waals surface area contributed by atoms with Gasteiger partial charge in [-0.25, -0.2) is 9.59 Å². The molecule has 0 aromatic heterocycles. The summed E-state index contributed by atoms with van der Waals surface area (Å²) in [6.45, 7) is 0. The summed E-state index contributed by atoms with van der Waals surface area (Å²) in [4.78, 5) is 36.0. The largest absolute Gasteiger partial charge is 0.480 e. The van der Waals surface area contributed by atoms with Crippen molar-refractivity contribution in [2.45, 2.75) is 18.5 Å². The minimum atomic E-state index is -1.65. The zero-order chi connectivity index (χ0) is 20.5. The minimum Gasteiger partial charge on any atom is -0.480 e. The third kappa shape index (κ3) is 6.02. The molecule has 0 aliphatic heterocycles. The second-order valence-electron chi connectivity index (χ2n) is 6.22. The van der Waals surface area contributed by atoms with Gasteiger partial charge < -0.3 is 20.8 Å². The monoisotopic (exact) mass is 402 g/mol. The Balaban J connectivity index is 2.15. The molecule has 7 nitrogen and oxygen atoms in total. The molecule has 2 aromatic carbocycles. The number of rotatable bonds is 10. The normalized spacial score (nSPS) is 13.8. The van der Waals surface area contributed by atoms with Gasteiger partial charge in [0.2, 0.25) is 5.91 Å². The Morgan fingerprint density at radius 2 is 1.39 bits per heavy atom. The smallest absolute Gasteiger partial charge is 0.329 e. The number of para-hydroxylation sites is 1. The van der Waals surface area contributed by atoms with Crippen molar-refractivity contribution in [1.29, 1.82) is 0 Å². The van der Waals surface area contributed by atoms with E-state index in [1.54, 1.807) is 30.3 Å². The fourth-order valence-electron chi connectivity index (χ4n) is 2.70. The van der Waals surface area contributed by atoms with E-state index in [4.69, 9.17) is 0 Å². The van der Waals surface area contributed by atoms with Crippen molar-refractivity contribution in [3.8, 4) is 0 Å². The fraction of sp³-hybridized carbons (Fsp3) is 0.250. The van der Waals surface area contributed by atoms with Gasteiger partial charge in [-0.05, 0) is 24.1 Å². The van der Waals surface area contributed by atoms with Gasteiger partial charge in [-0.15, -0.1) is 0 Å². The van der Waals surface area contributed by atoms with E-state index in [0.717, 1.165) is 5.56 Å². The summed E-state index contributed by atoms with van der Waals surface area (Å²) in [6, 6.07) is 14.4. The summed E-state index contributed by atoms with van der Waals surface area (Å²) in [6.07, 6.45) is 0.367. The van der Waals surface area contributed by atoms with Crippen molar-refractivity contribution in [3.05, 3.63) is 66.2 Å². The molecule has 8 heteroatoms. The predicted molar refractivity (Wildman–Crippen MR) is 109 cm³/mol. The van der Waals surface area contributed by atoms with Crippen molar-refractivity contribution < 1.29 is 24.6 Å². The molecule has 3 unspecified atom stereocenters. The van der Waals surface area contributed by atoms with Crippen molar-refractivity contribution in [2.24, 2.45) is 5.92 Å². The van der Waals surface area contributed by atoms with Gasteiger partial charge in [-0.2, -0.15) is 12.6 Å². The first kappa shape index (κ1) is 21.3. The number of thiol groups is 1. The van der Waals surface area contributed by atoms with Crippen molar-refractivity contribution in [3.63, 3.8) is 0 Å². The van der Waals surface area contributed by atoms with E-state index in [9.17, 15) is 24.6 Å². The van der Waals surface area contributed by atoms with Gasteiger partial charge in [0.05, 0.1) is 5.92 Å². The third-order valence-corrected chi connectivity index (χ3v) is 4.62. The molecule has 0 aliphatic carbocycles. The number of carbonyl (C=O) groups is 3. The first-order valence-corrected chi connectivity index (χ1v) is 9.28. The second-order valence-corrected chi connectivity index (χ2v) is 6.59. The van der Waals surface area contributed by atoms with E-state index in [2.05, 4.69) is 23.3 Å². The molecule has 0 fully saturated rings. The Morgan fingerprint density at radius 3 is 1.89 bits per heavy atom. The number of carboxylic acid groups (broad SMARTS) is 2. The number of carbonyl (C=O) groups excluding carboxylic acids is 1. The molecule has 0 spiro atoms. The van der Waals surface area contributed by atoms with Crippen LogP contribution < -0.4 is 10.6 Å². The quantitative estimate of drug-likeness (QED) is 0.388. The highest BCUT2D eigenvalue weighted by Gasteiger charge is 2.36. The van der Waals surface area contributed by atoms with Crippen LogP contribution in [-0.4, -0.2) is 45.9 Å². The van der Waals surface area contributed by atoms with Crippen LogP contribution in [0.5, 0.6) is 0 Å². The van der Waals surface area contributed by atoms with Crippen LogP contribution in [-0.2, 0) is 20.8 Å². The third-order valence-electron chi connectivity index (χ3n) is 4.18. The molecular formula is C20H22N2O5S. The summed E-state index contributed by atoms with van der Waals surface area (Å²) < 4.78 is 0. The maximum Gasteiger partial charge on any atom is 0.329 e. The lowest BCUT2D eigenvalue weighted by atomic mass is 9.99. The molecule has 3 atom stereocenters. The maximum absolute atomic E-state index is 12.6. The summed E-state index contributed by atoms with van der Waals surface area (Å²) >= 11 is 4.19. The number of carboxylic acids is 2. The number of hydrogen-bond donors (Lipinski definition) is 5. The average Bonchev–Trinajstić information content (AvgIpc) is 2.69. The summed E-state index contributed by atoms with van der Waals surface area (Å²) in [5.74, 6) is -3.80. The highest BCUT2D eigenvalue weighted by molar-refractivity contribution is 7.80. The van der Waals surface area contributed by atoms with Gasteiger partial charge in [0, 0.05) is 11.4 Å². The molecule has 148 valence electrons. The Morgan fingerprint density at radius 1 is 0.857 bits per heavy atom. The van der Waals surface area contributed by atoms with Gasteiger partial charge in [0.15, 0.2) is 12.1 Å². The standard InChI is InChI=1S/C20H22N2O5S/c23-18(14(12-28)11-13-7-3-1-4-8-13)22-17(20(26)27)16(19(24)25)21-15-9-5-2-6-10-15/h1-10,14,16-17,21,28H,11-12H2,(H,22,23)(H,24,25)(H,26,27). The lowest BCUT2D eigenvalue weighted by Gasteiger charge is -2.25. The molecular weight excluding hydrogens is 380 g/mol. The van der Waals surface area contributed by atoms with Crippen LogP contribution in [0, 0.1) is 5.92 Å². The summed E-state index contributed by atoms with van der Waals surface area (Å²) in [5.41, 5.74) is 1.34. The van der Waals surface area contributed by atoms with Crippen molar-refractivity contribution >= 4 is 36.2 Å². The number of amides is 1. The van der Waals surface area contributed by atoms with Crippen LogP contribution in [0.15, 0.2) is 60.7 Å². The van der Waals surface area contributed by atoms with Gasteiger partial charge in [-0.3, -0.25) is 4.79 Å². The highest BCUT2D eigenvalue weighted by Crippen LogP contribution is 2.13. The van der Waals surface area contributed by atoms with Crippen LogP contribution in [0.25, 0.3) is 0 Å². The molecule has 2 rings (SSSR count). The Bertz CT molecular complexity index is 801. The van der Waals surface area contributed by atoms with E-state index in [-0.39, 0.29) is 5.75 Å². The van der Waals surface area contributed by atoms with Crippen LogP contribution >= 0.6 is 12.6 Å². The lowest BCUT2D eigenvalue weighted by Crippen LogP contribution is -2.56. The molecule has 0 heterocycles. The van der Waals surface area contributed by atoms with E-state index < -0.39 is 35.8 Å². The molecule has 0 bridgehead atoms. The molecule has 2 aromatic rings. The van der Waals surface area contributed by atoms with Gasteiger partial charge in [0.25, 0.3) is 0 Å². The molecule has 0 saturated carbocycles. The topological polar surface area (TPSA) is 116 Å². The molecule has 28 heavy (non-hydrogen) atoms. The first-order chi connectivity index (χ1) is 13.4. The Labute approximate surface area is 168 Å². The second kappa shape index (κ2) is 10.4. The fourth-order valence-corrected chi connectivity index (χ4v) is 2.99. The number of nitrogens with one attached hydrogen (secondary N) is 2. The van der Waals surface area contributed by atoms with Gasteiger partial charge >= 0.3 is 11.9 Å². The molecule has 1 amide bonds. The summed E-state index contributed by atoms with van der Waals surface area (Å²) in [5, 5.41) is 24.0. The minimum absolute atomic E-state index is 0.191. The van der Waals surface area contributed by atoms with Gasteiger partial charge in [0.1, 0.15) is 0 Å². The number of anilines is 1. The van der Waals surface area contributed by atoms with Crippen LogP contribution in [0.1, 0.15) is 5.56 Å². The van der Waals surface area contributed by atoms with E-state index in [1.807, 2.05) is 30.3 Å². The average molecular weight is 402 g/mol. The zero-order valence-electron chi connectivity index (χ0n) is 15.0. The van der Waals surface area contributed by atoms with Crippen molar-refractivity contribution in [1.82, 2.24) is 5.32 Å². The number of benzene rings is 2. The predicted octanol–water partition coefficient (Wildman–Crippen LogP) is 1.91. The molecule has 0 saturated heterocycles. The zero-order valence-corrected chi connectivity index (χ0v) is 15.9. The Hall–Kier alpha value is -3.00. The molecule has 0 radical (unpaired) electrons. The SMILES string of the molecule is O=C(NC(C(=O)O)C(Nc1ccccc1)C(=O)O)C(CS)Cc1ccccc1. The van der Waals surface area contributed by atoms with E-state index in [0.29, 0.717) is 12.1 Å². The van der Waals surface area contributed by atoms with Crippen LogP contribution in [0.2, 0.25) is 0 Å². The van der Waals surface area contributed by atoms with Gasteiger partial charge in [-0.1, -0.05) is 48.5 Å².